The van der Waals surface area contributed by atoms with Crippen LogP contribution in [0.3, 0.4) is 0 Å². The van der Waals surface area contributed by atoms with Gasteiger partial charge in [-0.3, -0.25) is 4.79 Å². The normalized spacial score (nSPS) is 18.0. The van der Waals surface area contributed by atoms with Gasteiger partial charge in [0.15, 0.2) is 11.5 Å². The zero-order chi connectivity index (χ0) is 17.2. The van der Waals surface area contributed by atoms with E-state index in [9.17, 15) is 4.79 Å². The highest BCUT2D eigenvalue weighted by molar-refractivity contribution is 5.77. The quantitative estimate of drug-likeness (QED) is 0.733. The van der Waals surface area contributed by atoms with E-state index in [4.69, 9.17) is 4.42 Å². The van der Waals surface area contributed by atoms with Gasteiger partial charge in [0.2, 0.25) is 5.91 Å². The third-order valence-corrected chi connectivity index (χ3v) is 4.90. The van der Waals surface area contributed by atoms with Crippen LogP contribution in [0.1, 0.15) is 37.0 Å². The van der Waals surface area contributed by atoms with Crippen LogP contribution in [0.15, 0.2) is 41.1 Å². The molecule has 1 fully saturated rings. The second-order valence-electron chi connectivity index (χ2n) is 6.59. The number of piperidine rings is 1. The van der Waals surface area contributed by atoms with Gasteiger partial charge in [-0.25, -0.2) is 9.97 Å². The van der Waals surface area contributed by atoms with E-state index < -0.39 is 0 Å². The molecule has 1 saturated heterocycles. The summed E-state index contributed by atoms with van der Waals surface area (Å²) in [6.07, 6.45) is 6.92. The molecule has 3 aromatic rings. The third-order valence-electron chi connectivity index (χ3n) is 4.90. The van der Waals surface area contributed by atoms with Crippen LogP contribution in [0.2, 0.25) is 0 Å². The van der Waals surface area contributed by atoms with Gasteiger partial charge in [0.05, 0.1) is 6.04 Å². The van der Waals surface area contributed by atoms with E-state index in [0.717, 1.165) is 42.9 Å². The molecule has 0 saturated carbocycles. The first-order chi connectivity index (χ1) is 12.2. The molecule has 4 rings (SSSR count). The molecule has 0 bridgehead atoms. The average molecular weight is 338 g/mol. The summed E-state index contributed by atoms with van der Waals surface area (Å²) in [5.41, 5.74) is 1.62. The number of benzene rings is 1. The van der Waals surface area contributed by atoms with Gasteiger partial charge in [0, 0.05) is 38.3 Å². The maximum absolute atomic E-state index is 12.6. The van der Waals surface area contributed by atoms with Gasteiger partial charge >= 0.3 is 0 Å². The summed E-state index contributed by atoms with van der Waals surface area (Å²) in [5.74, 6) is 1.81. The molecule has 6 nitrogen and oxygen atoms in total. The molecule has 0 aliphatic carbocycles. The van der Waals surface area contributed by atoms with Crippen LogP contribution in [0.4, 0.5) is 0 Å². The van der Waals surface area contributed by atoms with E-state index >= 15 is 0 Å². The lowest BCUT2D eigenvalue weighted by Gasteiger charge is -2.34. The largest absolute Gasteiger partial charge is 0.441 e. The highest BCUT2D eigenvalue weighted by Gasteiger charge is 2.25. The molecule has 1 atom stereocenters. The molecular weight excluding hydrogens is 316 g/mol. The first-order valence-corrected chi connectivity index (χ1v) is 8.82. The van der Waals surface area contributed by atoms with Gasteiger partial charge in [-0.1, -0.05) is 12.1 Å². The molecule has 0 N–H and O–H groups in total. The van der Waals surface area contributed by atoms with Crippen molar-refractivity contribution in [3.05, 3.63) is 48.4 Å². The van der Waals surface area contributed by atoms with E-state index in [1.54, 1.807) is 0 Å². The Morgan fingerprint density at radius 3 is 3.04 bits per heavy atom. The molecule has 6 heteroatoms. The number of hydrogen-bond acceptors (Lipinski definition) is 4. The molecule has 0 radical (unpaired) electrons. The third kappa shape index (κ3) is 3.29. The minimum atomic E-state index is 0.171. The summed E-state index contributed by atoms with van der Waals surface area (Å²) in [6.45, 7) is 3.59. The van der Waals surface area contributed by atoms with Crippen LogP contribution in [0, 0.1) is 6.92 Å². The number of nitrogens with zero attached hydrogens (tertiary/aromatic N) is 4. The number of para-hydroxylation sites is 2. The molecule has 25 heavy (non-hydrogen) atoms. The molecule has 3 heterocycles. The minimum Gasteiger partial charge on any atom is -0.441 e. The van der Waals surface area contributed by atoms with Gasteiger partial charge in [0.1, 0.15) is 11.3 Å². The topological polar surface area (TPSA) is 64.2 Å². The number of aromatic nitrogens is 3. The SMILES string of the molecule is Cc1nccn1C1CCCN(C(=O)CCc2nc3ccccc3o2)C1. The van der Waals surface area contributed by atoms with Crippen molar-refractivity contribution in [2.75, 3.05) is 13.1 Å². The second-order valence-corrected chi connectivity index (χ2v) is 6.59. The second kappa shape index (κ2) is 6.70. The Balaban J connectivity index is 1.38. The summed E-state index contributed by atoms with van der Waals surface area (Å²) in [4.78, 5) is 23.3. The van der Waals surface area contributed by atoms with Crippen molar-refractivity contribution in [1.29, 1.82) is 0 Å². The van der Waals surface area contributed by atoms with Crippen molar-refractivity contribution in [2.45, 2.75) is 38.6 Å². The maximum Gasteiger partial charge on any atom is 0.223 e. The zero-order valence-electron chi connectivity index (χ0n) is 14.4. The maximum atomic E-state index is 12.6. The highest BCUT2D eigenvalue weighted by Crippen LogP contribution is 2.23. The fourth-order valence-corrected chi connectivity index (χ4v) is 3.58. The summed E-state index contributed by atoms with van der Waals surface area (Å²) in [6, 6.07) is 8.01. The Morgan fingerprint density at radius 1 is 1.36 bits per heavy atom. The van der Waals surface area contributed by atoms with Gasteiger partial charge in [-0.2, -0.15) is 0 Å². The molecule has 1 amide bonds. The summed E-state index contributed by atoms with van der Waals surface area (Å²) >= 11 is 0. The lowest BCUT2D eigenvalue weighted by Crippen LogP contribution is -2.40. The smallest absolute Gasteiger partial charge is 0.223 e. The van der Waals surface area contributed by atoms with Crippen molar-refractivity contribution < 1.29 is 9.21 Å². The molecule has 0 spiro atoms. The fourth-order valence-electron chi connectivity index (χ4n) is 3.58. The summed E-state index contributed by atoms with van der Waals surface area (Å²) < 4.78 is 7.89. The lowest BCUT2D eigenvalue weighted by molar-refractivity contribution is -0.132. The van der Waals surface area contributed by atoms with Crippen LogP contribution in [0.5, 0.6) is 0 Å². The van der Waals surface area contributed by atoms with E-state index in [1.165, 1.54) is 0 Å². The predicted octanol–water partition coefficient (Wildman–Crippen LogP) is 3.13. The lowest BCUT2D eigenvalue weighted by atomic mass is 10.0. The van der Waals surface area contributed by atoms with E-state index in [-0.39, 0.29) is 5.91 Å². The van der Waals surface area contributed by atoms with Crippen LogP contribution in [0.25, 0.3) is 11.1 Å². The van der Waals surface area contributed by atoms with Crippen LogP contribution >= 0.6 is 0 Å². The number of hydrogen-bond donors (Lipinski definition) is 0. The number of oxazole rings is 1. The molecule has 2 aromatic heterocycles. The first kappa shape index (κ1) is 15.9. The zero-order valence-corrected chi connectivity index (χ0v) is 14.4. The molecule has 130 valence electrons. The van der Waals surface area contributed by atoms with E-state index in [1.807, 2.05) is 48.5 Å². The molecule has 1 aliphatic rings. The molecule has 1 aromatic carbocycles. The number of rotatable bonds is 4. The van der Waals surface area contributed by atoms with E-state index in [0.29, 0.717) is 24.8 Å². The molecule has 1 unspecified atom stereocenters. The Bertz CT molecular complexity index is 849. The van der Waals surface area contributed by atoms with Crippen molar-refractivity contribution in [1.82, 2.24) is 19.4 Å². The van der Waals surface area contributed by atoms with Crippen LogP contribution in [-0.2, 0) is 11.2 Å². The van der Waals surface area contributed by atoms with E-state index in [2.05, 4.69) is 14.5 Å². The number of likely N-dealkylation sites (tertiary alicyclic amines) is 1. The molecule has 1 aliphatic heterocycles. The van der Waals surface area contributed by atoms with Crippen molar-refractivity contribution in [3.8, 4) is 0 Å². The molecular formula is C19H22N4O2. The fraction of sp³-hybridized carbons (Fsp3) is 0.421. The summed E-state index contributed by atoms with van der Waals surface area (Å²) in [5, 5.41) is 0. The minimum absolute atomic E-state index is 0.171. The van der Waals surface area contributed by atoms with Gasteiger partial charge < -0.3 is 13.9 Å². The highest BCUT2D eigenvalue weighted by atomic mass is 16.3. The Labute approximate surface area is 146 Å². The Kier molecular flexibility index (Phi) is 4.26. The number of imidazole rings is 1. The monoisotopic (exact) mass is 338 g/mol. The average Bonchev–Trinajstić information content (AvgIpc) is 3.25. The van der Waals surface area contributed by atoms with Crippen LogP contribution < -0.4 is 0 Å². The number of fused-ring (bicyclic) bond motifs is 1. The van der Waals surface area contributed by atoms with Crippen LogP contribution in [-0.4, -0.2) is 38.4 Å². The van der Waals surface area contributed by atoms with Crippen molar-refractivity contribution >= 4 is 17.0 Å². The predicted molar refractivity (Wildman–Crippen MR) is 94.1 cm³/mol. The standard InChI is InChI=1S/C19H22N4O2/c1-14-20-10-12-23(14)15-5-4-11-22(13-15)19(24)9-8-18-21-16-6-2-3-7-17(16)25-18/h2-3,6-7,10,12,15H,4-5,8-9,11,13H2,1H3. The summed E-state index contributed by atoms with van der Waals surface area (Å²) in [7, 11) is 0. The Hall–Kier alpha value is -2.63. The number of carbonyl (C=O) groups excluding carboxylic acids is 1. The van der Waals surface area contributed by atoms with Gasteiger partial charge in [-0.15, -0.1) is 0 Å². The van der Waals surface area contributed by atoms with Gasteiger partial charge in [0.25, 0.3) is 0 Å². The number of amides is 1. The Morgan fingerprint density at radius 2 is 2.24 bits per heavy atom. The van der Waals surface area contributed by atoms with Crippen molar-refractivity contribution in [2.24, 2.45) is 0 Å². The van der Waals surface area contributed by atoms with Gasteiger partial charge in [-0.05, 0) is 31.9 Å². The number of carbonyl (C=O) groups is 1. The van der Waals surface area contributed by atoms with Crippen molar-refractivity contribution in [3.63, 3.8) is 0 Å². The number of aryl methyl sites for hydroxylation is 2. The first-order valence-electron chi connectivity index (χ1n) is 8.82.